The maximum atomic E-state index is 12.4. The van der Waals surface area contributed by atoms with Gasteiger partial charge in [0.1, 0.15) is 6.34 Å². The number of amides is 1. The molecule has 0 saturated heterocycles. The summed E-state index contributed by atoms with van der Waals surface area (Å²) in [5.74, 6) is 5.57. The third kappa shape index (κ3) is 4.01. The molecular formula is C16H19N7OS. The van der Waals surface area contributed by atoms with E-state index >= 15 is 0 Å². The van der Waals surface area contributed by atoms with Gasteiger partial charge in [0.25, 0.3) is 5.91 Å². The fraction of sp³-hybridized carbons (Fsp3) is 0.250. The van der Waals surface area contributed by atoms with E-state index in [9.17, 15) is 4.79 Å². The number of fused-ring (bicyclic) bond motifs is 1. The zero-order valence-corrected chi connectivity index (χ0v) is 14.6. The molecule has 0 bridgehead atoms. The lowest BCUT2D eigenvalue weighted by atomic mass is 10.2. The van der Waals surface area contributed by atoms with Crippen LogP contribution in [-0.2, 0) is 13.0 Å². The highest BCUT2D eigenvalue weighted by Gasteiger charge is 2.24. The predicted octanol–water partition coefficient (Wildman–Crippen LogP) is 1.04. The molecule has 0 atom stereocenters. The summed E-state index contributed by atoms with van der Waals surface area (Å²) in [6, 6.07) is 9.09. The highest BCUT2D eigenvalue weighted by atomic mass is 32.1. The zero-order valence-electron chi connectivity index (χ0n) is 13.8. The van der Waals surface area contributed by atoms with E-state index in [1.165, 1.54) is 17.7 Å². The van der Waals surface area contributed by atoms with Gasteiger partial charge in [-0.05, 0) is 12.1 Å². The zero-order chi connectivity index (χ0) is 17.6. The molecule has 4 N–H and O–H groups in total. The number of hydrogen-bond donors (Lipinski definition) is 3. The van der Waals surface area contributed by atoms with Crippen LogP contribution in [0.4, 0.5) is 5.13 Å². The molecule has 25 heavy (non-hydrogen) atoms. The van der Waals surface area contributed by atoms with Crippen molar-refractivity contribution in [2.75, 3.05) is 13.6 Å². The van der Waals surface area contributed by atoms with Crippen LogP contribution in [0.15, 0.2) is 40.3 Å². The number of rotatable bonds is 3. The molecule has 0 saturated carbocycles. The summed E-state index contributed by atoms with van der Waals surface area (Å²) in [6.45, 7) is 1.37. The van der Waals surface area contributed by atoms with E-state index in [0.717, 1.165) is 23.5 Å². The lowest BCUT2D eigenvalue weighted by molar-refractivity contribution is 0.0971. The van der Waals surface area contributed by atoms with Gasteiger partial charge in [0.15, 0.2) is 0 Å². The van der Waals surface area contributed by atoms with Crippen molar-refractivity contribution in [2.24, 2.45) is 15.8 Å². The predicted molar refractivity (Wildman–Crippen MR) is 99.0 cm³/mol. The Morgan fingerprint density at radius 3 is 2.92 bits per heavy atom. The van der Waals surface area contributed by atoms with Crippen LogP contribution in [0.5, 0.6) is 0 Å². The minimum absolute atomic E-state index is 0.171. The van der Waals surface area contributed by atoms with E-state index in [1.54, 1.807) is 19.2 Å². The molecule has 0 unspecified atom stereocenters. The molecule has 0 fully saturated rings. The average molecular weight is 357 g/mol. The summed E-state index contributed by atoms with van der Waals surface area (Å²) in [5.41, 5.74) is 4.01. The van der Waals surface area contributed by atoms with Crippen molar-refractivity contribution in [1.29, 1.82) is 0 Å². The summed E-state index contributed by atoms with van der Waals surface area (Å²) in [4.78, 5) is 28.4. The summed E-state index contributed by atoms with van der Waals surface area (Å²) in [5, 5.41) is 3.55. The molecule has 1 amide bonds. The number of nitrogens with one attached hydrogen (secondary N) is 2. The highest BCUT2D eigenvalue weighted by molar-refractivity contribution is 7.15. The molecule has 1 aliphatic rings. The second kappa shape index (κ2) is 7.86. The third-order valence-electron chi connectivity index (χ3n) is 3.74. The van der Waals surface area contributed by atoms with Crippen molar-refractivity contribution in [2.45, 2.75) is 13.0 Å². The normalized spacial score (nSPS) is 14.5. The topological polar surface area (TPSA) is 108 Å². The summed E-state index contributed by atoms with van der Waals surface area (Å²) in [6.07, 6.45) is 2.18. The fourth-order valence-corrected chi connectivity index (χ4v) is 3.52. The Morgan fingerprint density at radius 2 is 2.20 bits per heavy atom. The maximum Gasteiger partial charge on any atom is 0.257 e. The molecule has 0 radical (unpaired) electrons. The van der Waals surface area contributed by atoms with Crippen molar-refractivity contribution in [3.8, 4) is 0 Å². The SMILES string of the molecule is CN=C(NC(=O)c1ccccc1)N1CCc2nc(N=CNN)sc2C1. The minimum Gasteiger partial charge on any atom is -0.337 e. The van der Waals surface area contributed by atoms with Crippen molar-refractivity contribution >= 4 is 34.7 Å². The van der Waals surface area contributed by atoms with E-state index in [1.807, 2.05) is 23.1 Å². The van der Waals surface area contributed by atoms with Gasteiger partial charge in [-0.3, -0.25) is 15.1 Å². The van der Waals surface area contributed by atoms with Crippen molar-refractivity contribution in [1.82, 2.24) is 20.6 Å². The van der Waals surface area contributed by atoms with Gasteiger partial charge in [-0.15, -0.1) is 0 Å². The molecule has 130 valence electrons. The van der Waals surface area contributed by atoms with Crippen LogP contribution >= 0.6 is 11.3 Å². The Balaban J connectivity index is 1.70. The molecule has 0 spiro atoms. The molecule has 9 heteroatoms. The Labute approximate surface area is 149 Å². The number of nitrogens with zero attached hydrogens (tertiary/aromatic N) is 4. The van der Waals surface area contributed by atoms with Crippen LogP contribution < -0.4 is 16.6 Å². The Bertz CT molecular complexity index is 800. The lowest BCUT2D eigenvalue weighted by Crippen LogP contribution is -2.46. The second-order valence-electron chi connectivity index (χ2n) is 5.33. The number of aromatic nitrogens is 1. The molecule has 3 rings (SSSR count). The molecule has 0 aliphatic carbocycles. The first kappa shape index (κ1) is 17.1. The number of guanidine groups is 1. The first-order valence-electron chi connectivity index (χ1n) is 7.76. The first-order chi connectivity index (χ1) is 12.2. The van der Waals surface area contributed by atoms with Crippen LogP contribution in [0.2, 0.25) is 0 Å². The van der Waals surface area contributed by atoms with Crippen LogP contribution in [-0.4, -0.2) is 41.7 Å². The molecule has 2 heterocycles. The van der Waals surface area contributed by atoms with Crippen LogP contribution in [0.25, 0.3) is 0 Å². The first-order valence-corrected chi connectivity index (χ1v) is 8.58. The Kier molecular flexibility index (Phi) is 5.36. The molecule has 1 aromatic carbocycles. The fourth-order valence-electron chi connectivity index (χ4n) is 2.55. The second-order valence-corrected chi connectivity index (χ2v) is 6.39. The van der Waals surface area contributed by atoms with E-state index in [2.05, 4.69) is 25.7 Å². The number of aliphatic imine (C=N–C) groups is 2. The van der Waals surface area contributed by atoms with Gasteiger partial charge in [-0.1, -0.05) is 29.5 Å². The number of hydrazine groups is 1. The molecular weight excluding hydrogens is 338 g/mol. The molecule has 1 aromatic heterocycles. The number of hydrogen-bond acceptors (Lipinski definition) is 6. The van der Waals surface area contributed by atoms with Gasteiger partial charge in [-0.2, -0.15) is 0 Å². The Morgan fingerprint density at radius 1 is 1.40 bits per heavy atom. The highest BCUT2D eigenvalue weighted by Crippen LogP contribution is 2.29. The van der Waals surface area contributed by atoms with Gasteiger partial charge in [0.05, 0.1) is 12.2 Å². The van der Waals surface area contributed by atoms with E-state index < -0.39 is 0 Å². The van der Waals surface area contributed by atoms with Gasteiger partial charge < -0.3 is 10.3 Å². The summed E-state index contributed by atoms with van der Waals surface area (Å²) in [7, 11) is 1.67. The summed E-state index contributed by atoms with van der Waals surface area (Å²) >= 11 is 1.51. The van der Waals surface area contributed by atoms with Gasteiger partial charge >= 0.3 is 0 Å². The van der Waals surface area contributed by atoms with Crippen molar-refractivity contribution < 1.29 is 4.79 Å². The maximum absolute atomic E-state index is 12.4. The summed E-state index contributed by atoms with van der Waals surface area (Å²) < 4.78 is 0. The van der Waals surface area contributed by atoms with Crippen LogP contribution in [0.3, 0.4) is 0 Å². The van der Waals surface area contributed by atoms with Crippen molar-refractivity contribution in [3.63, 3.8) is 0 Å². The number of nitrogens with two attached hydrogens (primary N) is 1. The van der Waals surface area contributed by atoms with Crippen molar-refractivity contribution in [3.05, 3.63) is 46.5 Å². The van der Waals surface area contributed by atoms with Gasteiger partial charge in [-0.25, -0.2) is 15.8 Å². The van der Waals surface area contributed by atoms with Crippen LogP contribution in [0.1, 0.15) is 20.9 Å². The standard InChI is InChI=1S/C16H19N7OS/c1-18-15(22-14(24)11-5-3-2-4-6-11)23-8-7-12-13(9-23)25-16(21-12)19-10-20-17/h2-6,10H,7-9,17H2,1H3,(H,18,22,24)(H,19,20,21). The number of carbonyl (C=O) groups excluding carboxylic acids is 1. The van der Waals surface area contributed by atoms with Crippen LogP contribution in [0, 0.1) is 0 Å². The lowest BCUT2D eigenvalue weighted by Gasteiger charge is -2.28. The minimum atomic E-state index is -0.171. The average Bonchev–Trinajstić information content (AvgIpc) is 3.07. The number of carbonyl (C=O) groups is 1. The third-order valence-corrected chi connectivity index (χ3v) is 4.73. The molecule has 8 nitrogen and oxygen atoms in total. The van der Waals surface area contributed by atoms with E-state index in [4.69, 9.17) is 5.84 Å². The molecule has 1 aliphatic heterocycles. The Hall–Kier alpha value is -2.78. The van der Waals surface area contributed by atoms with E-state index in [-0.39, 0.29) is 5.91 Å². The number of benzene rings is 1. The van der Waals surface area contributed by atoms with Gasteiger partial charge in [0, 0.05) is 30.5 Å². The largest absolute Gasteiger partial charge is 0.337 e. The quantitative estimate of drug-likeness (QED) is 0.329. The smallest absolute Gasteiger partial charge is 0.257 e. The van der Waals surface area contributed by atoms with E-state index in [0.29, 0.717) is 23.2 Å². The van der Waals surface area contributed by atoms with Gasteiger partial charge in [0.2, 0.25) is 11.1 Å². The molecule has 2 aromatic rings. The number of thiazole rings is 1. The monoisotopic (exact) mass is 357 g/mol.